The number of nitrogens with zero attached hydrogens (tertiary/aromatic N) is 2. The number of rotatable bonds is 6. The first-order valence-electron chi connectivity index (χ1n) is 8.18. The highest BCUT2D eigenvalue weighted by Gasteiger charge is 2.19. The number of methoxy groups -OCH3 is 1. The molecule has 3 rings (SSSR count). The maximum atomic E-state index is 12.4. The molecule has 0 fully saturated rings. The van der Waals surface area contributed by atoms with Gasteiger partial charge in [0.2, 0.25) is 11.8 Å². The predicted molar refractivity (Wildman–Crippen MR) is 106 cm³/mol. The van der Waals surface area contributed by atoms with Crippen LogP contribution in [0.25, 0.3) is 11.5 Å². The van der Waals surface area contributed by atoms with E-state index >= 15 is 0 Å². The Morgan fingerprint density at radius 3 is 2.67 bits per heavy atom. The molecule has 0 saturated carbocycles. The minimum Gasteiger partial charge on any atom is -0.497 e. The highest BCUT2D eigenvalue weighted by Crippen LogP contribution is 2.28. The van der Waals surface area contributed by atoms with E-state index < -0.39 is 5.25 Å². The van der Waals surface area contributed by atoms with Crippen molar-refractivity contribution in [2.75, 3.05) is 12.4 Å². The van der Waals surface area contributed by atoms with Gasteiger partial charge >= 0.3 is 0 Å². The Morgan fingerprint density at radius 1 is 1.22 bits per heavy atom. The van der Waals surface area contributed by atoms with Crippen LogP contribution in [0.5, 0.6) is 5.75 Å². The van der Waals surface area contributed by atoms with Crippen LogP contribution >= 0.6 is 23.4 Å². The lowest BCUT2D eigenvalue weighted by atomic mass is 10.2. The molecular weight excluding hydrogens is 386 g/mol. The largest absolute Gasteiger partial charge is 0.497 e. The third-order valence-electron chi connectivity index (χ3n) is 3.92. The SMILES string of the molecule is COc1ccc(-c2nnc(S[C@@H](C)C(=O)Nc3cccc(Cl)c3C)o2)cc1. The second kappa shape index (κ2) is 8.45. The number of thioether (sulfide) groups is 1. The van der Waals surface area contributed by atoms with E-state index in [0.717, 1.165) is 16.9 Å². The topological polar surface area (TPSA) is 77.2 Å². The van der Waals surface area contributed by atoms with Gasteiger partial charge in [-0.15, -0.1) is 10.2 Å². The number of nitrogens with one attached hydrogen (secondary N) is 1. The van der Waals surface area contributed by atoms with Crippen LogP contribution in [0.3, 0.4) is 0 Å². The van der Waals surface area contributed by atoms with Gasteiger partial charge in [0.05, 0.1) is 12.4 Å². The van der Waals surface area contributed by atoms with Crippen LogP contribution in [0.15, 0.2) is 52.1 Å². The summed E-state index contributed by atoms with van der Waals surface area (Å²) in [6, 6.07) is 12.7. The van der Waals surface area contributed by atoms with Crippen LogP contribution in [0, 0.1) is 6.92 Å². The van der Waals surface area contributed by atoms with Crippen molar-refractivity contribution in [2.24, 2.45) is 0 Å². The van der Waals surface area contributed by atoms with Gasteiger partial charge < -0.3 is 14.5 Å². The van der Waals surface area contributed by atoms with E-state index in [4.69, 9.17) is 20.8 Å². The second-order valence-electron chi connectivity index (χ2n) is 5.76. The van der Waals surface area contributed by atoms with Crippen molar-refractivity contribution in [1.82, 2.24) is 10.2 Å². The van der Waals surface area contributed by atoms with Gasteiger partial charge in [-0.2, -0.15) is 0 Å². The molecule has 0 radical (unpaired) electrons. The average Bonchev–Trinajstić information content (AvgIpc) is 3.14. The van der Waals surface area contributed by atoms with E-state index in [1.54, 1.807) is 26.2 Å². The molecule has 1 N–H and O–H groups in total. The summed E-state index contributed by atoms with van der Waals surface area (Å²) in [6.07, 6.45) is 0. The summed E-state index contributed by atoms with van der Waals surface area (Å²) in [4.78, 5) is 12.4. The molecule has 3 aromatic rings. The van der Waals surface area contributed by atoms with E-state index in [2.05, 4.69) is 15.5 Å². The standard InChI is InChI=1S/C19H18ClN3O3S/c1-11-15(20)5-4-6-16(11)21-17(24)12(2)27-19-23-22-18(26-19)13-7-9-14(25-3)10-8-13/h4-10,12H,1-3H3,(H,21,24)/t12-/m0/s1. The monoisotopic (exact) mass is 403 g/mol. The Morgan fingerprint density at radius 2 is 1.96 bits per heavy atom. The summed E-state index contributed by atoms with van der Waals surface area (Å²) in [5.74, 6) is 0.961. The van der Waals surface area contributed by atoms with Crippen LogP contribution in [-0.2, 0) is 4.79 Å². The molecule has 27 heavy (non-hydrogen) atoms. The van der Waals surface area contributed by atoms with Crippen LogP contribution in [-0.4, -0.2) is 28.5 Å². The van der Waals surface area contributed by atoms with Crippen molar-refractivity contribution in [3.8, 4) is 17.2 Å². The van der Waals surface area contributed by atoms with E-state index in [-0.39, 0.29) is 5.91 Å². The smallest absolute Gasteiger partial charge is 0.277 e. The van der Waals surface area contributed by atoms with Gasteiger partial charge in [0.15, 0.2) is 0 Å². The Balaban J connectivity index is 1.65. The minimum atomic E-state index is -0.424. The van der Waals surface area contributed by atoms with Crippen molar-refractivity contribution < 1.29 is 13.9 Å². The summed E-state index contributed by atoms with van der Waals surface area (Å²) in [5, 5.41) is 11.4. The summed E-state index contributed by atoms with van der Waals surface area (Å²) in [6.45, 7) is 3.63. The molecule has 1 atom stereocenters. The van der Waals surface area contributed by atoms with Gasteiger partial charge in [-0.1, -0.05) is 29.4 Å². The van der Waals surface area contributed by atoms with Gasteiger partial charge in [-0.25, -0.2) is 0 Å². The van der Waals surface area contributed by atoms with Crippen LogP contribution in [0.4, 0.5) is 5.69 Å². The van der Waals surface area contributed by atoms with E-state index in [1.807, 2.05) is 37.3 Å². The van der Waals surface area contributed by atoms with Crippen LogP contribution < -0.4 is 10.1 Å². The molecule has 0 saturated heterocycles. The molecule has 140 valence electrons. The quantitative estimate of drug-likeness (QED) is 0.594. The maximum Gasteiger partial charge on any atom is 0.277 e. The number of ether oxygens (including phenoxy) is 1. The molecule has 1 heterocycles. The molecule has 0 aliphatic rings. The van der Waals surface area contributed by atoms with E-state index in [0.29, 0.717) is 21.8 Å². The molecule has 1 aromatic heterocycles. The number of carbonyl (C=O) groups is 1. The normalized spacial score (nSPS) is 11.9. The average molecular weight is 404 g/mol. The van der Waals surface area contributed by atoms with Crippen molar-refractivity contribution in [3.05, 3.63) is 53.1 Å². The first kappa shape index (κ1) is 19.3. The fourth-order valence-electron chi connectivity index (χ4n) is 2.29. The number of halogens is 1. The van der Waals surface area contributed by atoms with Crippen LogP contribution in [0.1, 0.15) is 12.5 Å². The number of aromatic nitrogens is 2. The van der Waals surface area contributed by atoms with Crippen molar-refractivity contribution in [3.63, 3.8) is 0 Å². The second-order valence-corrected chi connectivity index (χ2v) is 7.46. The van der Waals surface area contributed by atoms with Crippen molar-refractivity contribution >= 4 is 35.0 Å². The zero-order chi connectivity index (χ0) is 19.4. The van der Waals surface area contributed by atoms with Gasteiger partial charge in [-0.05, 0) is 55.8 Å². The number of hydrogen-bond donors (Lipinski definition) is 1. The maximum absolute atomic E-state index is 12.4. The van der Waals surface area contributed by atoms with E-state index in [1.165, 1.54) is 11.8 Å². The molecule has 0 aliphatic carbocycles. The molecule has 8 heteroatoms. The third kappa shape index (κ3) is 4.61. The zero-order valence-corrected chi connectivity index (χ0v) is 16.6. The number of benzene rings is 2. The lowest BCUT2D eigenvalue weighted by Crippen LogP contribution is -2.22. The minimum absolute atomic E-state index is 0.172. The fraction of sp³-hybridized carbons (Fsp3) is 0.211. The van der Waals surface area contributed by atoms with Crippen molar-refractivity contribution in [2.45, 2.75) is 24.3 Å². The third-order valence-corrected chi connectivity index (χ3v) is 5.26. The Hall–Kier alpha value is -2.51. The van der Waals surface area contributed by atoms with Gasteiger partial charge in [0, 0.05) is 16.3 Å². The highest BCUT2D eigenvalue weighted by atomic mass is 35.5. The molecule has 0 unspecified atom stereocenters. The van der Waals surface area contributed by atoms with Gasteiger partial charge in [0.25, 0.3) is 5.22 Å². The first-order valence-corrected chi connectivity index (χ1v) is 9.44. The molecule has 1 amide bonds. The number of hydrogen-bond acceptors (Lipinski definition) is 6. The molecule has 0 bridgehead atoms. The summed E-state index contributed by atoms with van der Waals surface area (Å²) in [7, 11) is 1.60. The Labute approximate surface area is 166 Å². The first-order chi connectivity index (χ1) is 13.0. The van der Waals surface area contributed by atoms with Gasteiger partial charge in [0.1, 0.15) is 5.75 Å². The number of amides is 1. The number of carbonyl (C=O) groups excluding carboxylic acids is 1. The fourth-order valence-corrected chi connectivity index (χ4v) is 3.15. The molecule has 2 aromatic carbocycles. The lowest BCUT2D eigenvalue weighted by Gasteiger charge is -2.12. The number of anilines is 1. The predicted octanol–water partition coefficient (Wildman–Crippen LogP) is 4.83. The molecule has 6 nitrogen and oxygen atoms in total. The molecular formula is C19H18ClN3O3S. The van der Waals surface area contributed by atoms with Gasteiger partial charge in [-0.3, -0.25) is 4.79 Å². The molecule has 0 aliphatic heterocycles. The van der Waals surface area contributed by atoms with Crippen molar-refractivity contribution in [1.29, 1.82) is 0 Å². The summed E-state index contributed by atoms with van der Waals surface area (Å²) < 4.78 is 10.8. The summed E-state index contributed by atoms with van der Waals surface area (Å²) >= 11 is 7.28. The van der Waals surface area contributed by atoms with Crippen LogP contribution in [0.2, 0.25) is 5.02 Å². The lowest BCUT2D eigenvalue weighted by molar-refractivity contribution is -0.115. The zero-order valence-electron chi connectivity index (χ0n) is 15.0. The van der Waals surface area contributed by atoms with E-state index in [9.17, 15) is 4.79 Å². The molecule has 0 spiro atoms. The Bertz CT molecular complexity index is 944. The highest BCUT2D eigenvalue weighted by molar-refractivity contribution is 8.00. The summed E-state index contributed by atoms with van der Waals surface area (Å²) in [5.41, 5.74) is 2.29. The Kier molecular flexibility index (Phi) is 6.03.